The van der Waals surface area contributed by atoms with Gasteiger partial charge in [0.05, 0.1) is 2.74 Å². The molecule has 8 heteroatoms. The van der Waals surface area contributed by atoms with Gasteiger partial charge in [0.1, 0.15) is 23.5 Å². The summed E-state index contributed by atoms with van der Waals surface area (Å²) in [5.74, 6) is -1.96. The fourth-order valence-corrected chi connectivity index (χ4v) is 2.65. The summed E-state index contributed by atoms with van der Waals surface area (Å²) in [6, 6.07) is 11.6. The highest BCUT2D eigenvalue weighted by Gasteiger charge is 2.13. The standard InChI is InChI=1S/C23H21FN4O3/c1-14-9-17(5-8-19(14)24)12-26-23(31)21-10-20(27-13-28-21)22(30)25-11-16-3-6-18(7-4-16)15(2)29/h3-10,13H,11-12H2,1-2H3,(H,25,30)(H,26,31)/i12D2. The number of carbonyl (C=O) groups excluding carboxylic acids is 3. The van der Waals surface area contributed by atoms with Crippen molar-refractivity contribution in [2.45, 2.75) is 26.9 Å². The molecule has 3 rings (SSSR count). The third-order valence-electron chi connectivity index (χ3n) is 4.42. The number of halogens is 1. The van der Waals surface area contributed by atoms with Crippen molar-refractivity contribution < 1.29 is 21.5 Å². The Bertz CT molecular complexity index is 1220. The summed E-state index contributed by atoms with van der Waals surface area (Å²) >= 11 is 0. The zero-order chi connectivity index (χ0) is 24.2. The molecule has 2 amide bonds. The SMILES string of the molecule is [2H]C([2H])(NC(=O)c1cc(C(=O)NCc2ccc(C(C)=O)cc2)ncn1)c1ccc(F)c(C)c1. The third-order valence-corrected chi connectivity index (χ3v) is 4.42. The largest absolute Gasteiger partial charge is 0.347 e. The Morgan fingerprint density at radius 1 is 0.935 bits per heavy atom. The lowest BCUT2D eigenvalue weighted by molar-refractivity contribution is 0.0942. The minimum Gasteiger partial charge on any atom is -0.347 e. The number of ketones is 1. The van der Waals surface area contributed by atoms with E-state index in [0.29, 0.717) is 5.56 Å². The van der Waals surface area contributed by atoms with Gasteiger partial charge in [-0.05, 0) is 36.6 Å². The monoisotopic (exact) mass is 422 g/mol. The van der Waals surface area contributed by atoms with E-state index in [-0.39, 0.29) is 34.8 Å². The topological polar surface area (TPSA) is 101 Å². The molecule has 0 atom stereocenters. The van der Waals surface area contributed by atoms with Gasteiger partial charge in [0, 0.05) is 24.7 Å². The first-order chi connectivity index (χ1) is 15.6. The Labute approximate surface area is 181 Å². The lowest BCUT2D eigenvalue weighted by atomic mass is 10.1. The quantitative estimate of drug-likeness (QED) is 0.570. The zero-order valence-corrected chi connectivity index (χ0v) is 16.9. The Kier molecular flexibility index (Phi) is 5.97. The van der Waals surface area contributed by atoms with Crippen LogP contribution in [0.5, 0.6) is 0 Å². The van der Waals surface area contributed by atoms with Crippen LogP contribution in [0, 0.1) is 12.7 Å². The van der Waals surface area contributed by atoms with Gasteiger partial charge in [0.15, 0.2) is 5.78 Å². The van der Waals surface area contributed by atoms with Crippen molar-refractivity contribution in [3.8, 4) is 0 Å². The van der Waals surface area contributed by atoms with Gasteiger partial charge in [0.2, 0.25) is 0 Å². The number of rotatable bonds is 7. The molecule has 3 aromatic rings. The third kappa shape index (κ3) is 5.79. The summed E-state index contributed by atoms with van der Waals surface area (Å²) in [6.45, 7) is 0.833. The average Bonchev–Trinajstić information content (AvgIpc) is 2.79. The van der Waals surface area contributed by atoms with Gasteiger partial charge in [-0.1, -0.05) is 36.4 Å². The summed E-state index contributed by atoms with van der Waals surface area (Å²) < 4.78 is 29.7. The maximum atomic E-state index is 13.5. The van der Waals surface area contributed by atoms with Crippen molar-refractivity contribution in [2.24, 2.45) is 0 Å². The number of hydrogen-bond acceptors (Lipinski definition) is 5. The molecule has 158 valence electrons. The van der Waals surface area contributed by atoms with Crippen LogP contribution in [-0.4, -0.2) is 27.6 Å². The second-order valence-electron chi connectivity index (χ2n) is 6.77. The molecule has 0 spiro atoms. The minimum atomic E-state index is -2.30. The van der Waals surface area contributed by atoms with Gasteiger partial charge in [-0.2, -0.15) is 0 Å². The van der Waals surface area contributed by atoms with Gasteiger partial charge in [-0.3, -0.25) is 14.4 Å². The van der Waals surface area contributed by atoms with E-state index in [2.05, 4.69) is 20.6 Å². The van der Waals surface area contributed by atoms with E-state index in [4.69, 9.17) is 2.74 Å². The number of benzene rings is 2. The predicted octanol–water partition coefficient (Wildman–Crippen LogP) is 2.99. The summed E-state index contributed by atoms with van der Waals surface area (Å²) in [5, 5.41) is 4.86. The smallest absolute Gasteiger partial charge is 0.270 e. The molecule has 0 radical (unpaired) electrons. The van der Waals surface area contributed by atoms with E-state index in [0.717, 1.165) is 24.0 Å². The van der Waals surface area contributed by atoms with Gasteiger partial charge >= 0.3 is 0 Å². The number of aryl methyl sites for hydroxylation is 1. The first-order valence-corrected chi connectivity index (χ1v) is 9.36. The van der Waals surface area contributed by atoms with E-state index in [9.17, 15) is 18.8 Å². The molecule has 0 unspecified atom stereocenters. The van der Waals surface area contributed by atoms with Crippen LogP contribution in [0.1, 0.15) is 57.7 Å². The van der Waals surface area contributed by atoms with Crippen LogP contribution in [0.25, 0.3) is 0 Å². The molecular weight excluding hydrogens is 399 g/mol. The molecule has 7 nitrogen and oxygen atoms in total. The van der Waals surface area contributed by atoms with E-state index < -0.39 is 24.1 Å². The fraction of sp³-hybridized carbons (Fsp3) is 0.174. The summed E-state index contributed by atoms with van der Waals surface area (Å²) in [4.78, 5) is 44.0. The van der Waals surface area contributed by atoms with Crippen LogP contribution in [0.3, 0.4) is 0 Å². The molecule has 1 aromatic heterocycles. The second kappa shape index (κ2) is 9.71. The highest BCUT2D eigenvalue weighted by molar-refractivity contribution is 5.97. The molecule has 0 aliphatic rings. The number of hydrogen-bond donors (Lipinski definition) is 2. The molecule has 2 N–H and O–H groups in total. The fourth-order valence-electron chi connectivity index (χ4n) is 2.65. The molecular formula is C23H21FN4O3. The first kappa shape index (κ1) is 19.0. The summed E-state index contributed by atoms with van der Waals surface area (Å²) in [6.07, 6.45) is 1.03. The van der Waals surface area contributed by atoms with Gasteiger partial charge < -0.3 is 10.6 Å². The Hall–Kier alpha value is -3.94. The number of amides is 2. The molecule has 0 saturated heterocycles. The first-order valence-electron chi connectivity index (χ1n) is 10.4. The molecule has 0 bridgehead atoms. The maximum absolute atomic E-state index is 13.5. The highest BCUT2D eigenvalue weighted by Crippen LogP contribution is 2.09. The van der Waals surface area contributed by atoms with Gasteiger partial charge in [-0.15, -0.1) is 0 Å². The van der Waals surface area contributed by atoms with Crippen LogP contribution in [-0.2, 0) is 13.0 Å². The number of Topliss-reactive ketones (excluding diaryl/α,β-unsaturated/α-hetero) is 1. The van der Waals surface area contributed by atoms with Crippen LogP contribution in [0.4, 0.5) is 4.39 Å². The normalized spacial score (nSPS) is 11.8. The molecule has 1 heterocycles. The van der Waals surface area contributed by atoms with Crippen LogP contribution < -0.4 is 10.6 Å². The van der Waals surface area contributed by atoms with Crippen molar-refractivity contribution in [1.82, 2.24) is 20.6 Å². The molecule has 31 heavy (non-hydrogen) atoms. The van der Waals surface area contributed by atoms with Gasteiger partial charge in [0.25, 0.3) is 11.8 Å². The average molecular weight is 422 g/mol. The highest BCUT2D eigenvalue weighted by atomic mass is 19.1. The van der Waals surface area contributed by atoms with Crippen molar-refractivity contribution in [3.63, 3.8) is 0 Å². The second-order valence-corrected chi connectivity index (χ2v) is 6.77. The number of nitrogens with one attached hydrogen (secondary N) is 2. The Morgan fingerprint density at radius 2 is 1.55 bits per heavy atom. The molecule has 0 aliphatic carbocycles. The molecule has 0 aliphatic heterocycles. The molecule has 0 fully saturated rings. The molecule has 2 aromatic carbocycles. The van der Waals surface area contributed by atoms with Crippen LogP contribution >= 0.6 is 0 Å². The maximum Gasteiger partial charge on any atom is 0.270 e. The lowest BCUT2D eigenvalue weighted by Crippen LogP contribution is -2.27. The molecule has 0 saturated carbocycles. The van der Waals surface area contributed by atoms with Gasteiger partial charge in [-0.25, -0.2) is 14.4 Å². The van der Waals surface area contributed by atoms with Crippen molar-refractivity contribution in [2.75, 3.05) is 0 Å². The van der Waals surface area contributed by atoms with Crippen LogP contribution in [0.15, 0.2) is 54.9 Å². The summed E-state index contributed by atoms with van der Waals surface area (Å²) in [7, 11) is 0. The van der Waals surface area contributed by atoms with Crippen molar-refractivity contribution >= 4 is 17.6 Å². The van der Waals surface area contributed by atoms with E-state index in [1.807, 2.05) is 0 Å². The van der Waals surface area contributed by atoms with E-state index in [1.54, 1.807) is 24.3 Å². The lowest BCUT2D eigenvalue weighted by Gasteiger charge is -2.08. The summed E-state index contributed by atoms with van der Waals surface area (Å²) in [5.41, 5.74) is 1.35. The Morgan fingerprint density at radius 3 is 2.16 bits per heavy atom. The van der Waals surface area contributed by atoms with Crippen LogP contribution in [0.2, 0.25) is 0 Å². The van der Waals surface area contributed by atoms with E-state index >= 15 is 0 Å². The zero-order valence-electron chi connectivity index (χ0n) is 18.9. The number of aromatic nitrogens is 2. The number of nitrogens with zero attached hydrogens (tertiary/aromatic N) is 2. The number of carbonyl (C=O) groups is 3. The van der Waals surface area contributed by atoms with E-state index in [1.165, 1.54) is 26.0 Å². The Balaban J connectivity index is 1.67. The predicted molar refractivity (Wildman–Crippen MR) is 112 cm³/mol. The minimum absolute atomic E-state index is 0.0590. The van der Waals surface area contributed by atoms with Crippen molar-refractivity contribution in [3.05, 3.63) is 94.3 Å². The van der Waals surface area contributed by atoms with Crippen molar-refractivity contribution in [1.29, 1.82) is 0 Å².